The van der Waals surface area contributed by atoms with Crippen LogP contribution in [0, 0.1) is 0 Å². The number of nitrogens with one attached hydrogen (secondary N) is 1. The smallest absolute Gasteiger partial charge is 0.308 e. The Hall–Kier alpha value is -4.24. The molecule has 1 N–H and O–H groups in total. The van der Waals surface area contributed by atoms with Crippen molar-refractivity contribution in [2.75, 3.05) is 5.75 Å². The number of amides is 1. The summed E-state index contributed by atoms with van der Waals surface area (Å²) in [4.78, 5) is 23.7. The number of esters is 1. The van der Waals surface area contributed by atoms with Crippen LogP contribution in [0.15, 0.2) is 89.1 Å². The molecule has 200 valence electrons. The third kappa shape index (κ3) is 7.20. The molecule has 0 aliphatic heterocycles. The van der Waals surface area contributed by atoms with E-state index < -0.39 is 0 Å². The van der Waals surface area contributed by atoms with Gasteiger partial charge in [0.2, 0.25) is 0 Å². The lowest BCUT2D eigenvalue weighted by Gasteiger charge is -2.19. The second kappa shape index (κ2) is 12.1. The van der Waals surface area contributed by atoms with Gasteiger partial charge >= 0.3 is 5.97 Å². The molecule has 9 heteroatoms. The van der Waals surface area contributed by atoms with E-state index in [0.717, 1.165) is 16.8 Å². The van der Waals surface area contributed by atoms with Crippen molar-refractivity contribution in [1.82, 2.24) is 20.2 Å². The molecule has 0 aliphatic carbocycles. The maximum atomic E-state index is 12.6. The molecule has 4 rings (SSSR count). The fourth-order valence-corrected chi connectivity index (χ4v) is 4.53. The van der Waals surface area contributed by atoms with Crippen LogP contribution in [0.5, 0.6) is 5.75 Å². The highest BCUT2D eigenvalue weighted by Crippen LogP contribution is 2.30. The van der Waals surface area contributed by atoms with Gasteiger partial charge in [0.15, 0.2) is 11.0 Å². The number of carbonyl (C=O) groups is 2. The number of hydrogen-bond donors (Lipinski definition) is 1. The summed E-state index contributed by atoms with van der Waals surface area (Å²) >= 11 is 1.29. The molecular weight excluding hydrogens is 510 g/mol. The van der Waals surface area contributed by atoms with Gasteiger partial charge in [-0.15, -0.1) is 10.2 Å². The molecule has 39 heavy (non-hydrogen) atoms. The molecule has 0 saturated heterocycles. The van der Waals surface area contributed by atoms with E-state index in [0.29, 0.717) is 22.4 Å². The van der Waals surface area contributed by atoms with Gasteiger partial charge in [0.25, 0.3) is 5.91 Å². The molecule has 0 aliphatic rings. The monoisotopic (exact) mass is 541 g/mol. The van der Waals surface area contributed by atoms with Crippen LogP contribution < -0.4 is 10.2 Å². The Morgan fingerprint density at radius 2 is 1.59 bits per heavy atom. The summed E-state index contributed by atoms with van der Waals surface area (Å²) in [5.74, 6) is 0.610. The predicted octanol–water partition coefficient (Wildman–Crippen LogP) is 5.79. The fraction of sp³-hybridized carbons (Fsp3) is 0.233. The Labute approximate surface area is 232 Å². The van der Waals surface area contributed by atoms with Crippen molar-refractivity contribution in [2.24, 2.45) is 5.10 Å². The first kappa shape index (κ1) is 27.8. The van der Waals surface area contributed by atoms with Gasteiger partial charge in [-0.2, -0.15) is 5.10 Å². The van der Waals surface area contributed by atoms with Gasteiger partial charge in [0, 0.05) is 18.2 Å². The molecule has 0 saturated carbocycles. The van der Waals surface area contributed by atoms with Crippen molar-refractivity contribution in [2.45, 2.75) is 45.2 Å². The molecule has 0 bridgehead atoms. The molecule has 1 amide bonds. The van der Waals surface area contributed by atoms with E-state index in [9.17, 15) is 9.59 Å². The normalized spacial score (nSPS) is 11.8. The summed E-state index contributed by atoms with van der Waals surface area (Å²) in [6, 6.07) is 25.1. The zero-order chi connectivity index (χ0) is 28.0. The molecule has 0 spiro atoms. The Morgan fingerprint density at radius 3 is 2.21 bits per heavy atom. The van der Waals surface area contributed by atoms with Crippen LogP contribution in [-0.2, 0) is 15.0 Å². The maximum absolute atomic E-state index is 12.6. The van der Waals surface area contributed by atoms with Crippen molar-refractivity contribution < 1.29 is 14.3 Å². The van der Waals surface area contributed by atoms with E-state index in [1.165, 1.54) is 24.2 Å². The van der Waals surface area contributed by atoms with Crippen LogP contribution in [0.25, 0.3) is 17.1 Å². The molecule has 4 aromatic rings. The van der Waals surface area contributed by atoms with E-state index in [1.807, 2.05) is 34.9 Å². The average molecular weight is 542 g/mol. The SMILES string of the molecule is CC(=O)Oc1ccc(C(C)=NNC(=O)CSc2nnc(-c3ccc(C(C)(C)C)cc3)n2-c2ccccc2)cc1. The second-order valence-corrected chi connectivity index (χ2v) is 10.9. The van der Waals surface area contributed by atoms with E-state index in [2.05, 4.69) is 65.8 Å². The lowest BCUT2D eigenvalue weighted by Crippen LogP contribution is -2.21. The minimum Gasteiger partial charge on any atom is -0.427 e. The van der Waals surface area contributed by atoms with Crippen LogP contribution >= 0.6 is 11.8 Å². The van der Waals surface area contributed by atoms with Crippen molar-refractivity contribution in [3.63, 3.8) is 0 Å². The largest absolute Gasteiger partial charge is 0.427 e. The fourth-order valence-electron chi connectivity index (χ4n) is 3.78. The van der Waals surface area contributed by atoms with Crippen molar-refractivity contribution in [1.29, 1.82) is 0 Å². The Balaban J connectivity index is 1.48. The third-order valence-electron chi connectivity index (χ3n) is 5.87. The number of carbonyl (C=O) groups excluding carboxylic acids is 2. The molecule has 3 aromatic carbocycles. The molecule has 1 heterocycles. The van der Waals surface area contributed by atoms with Crippen molar-refractivity contribution in [3.05, 3.63) is 90.0 Å². The lowest BCUT2D eigenvalue weighted by atomic mass is 9.87. The van der Waals surface area contributed by atoms with Gasteiger partial charge in [0.1, 0.15) is 5.75 Å². The van der Waals surface area contributed by atoms with Crippen LogP contribution in [0.2, 0.25) is 0 Å². The maximum Gasteiger partial charge on any atom is 0.308 e. The number of thioether (sulfide) groups is 1. The number of para-hydroxylation sites is 1. The van der Waals surface area contributed by atoms with Gasteiger partial charge in [-0.05, 0) is 59.9 Å². The van der Waals surface area contributed by atoms with Crippen LogP contribution in [-0.4, -0.2) is 38.1 Å². The number of aromatic nitrogens is 3. The zero-order valence-corrected chi connectivity index (χ0v) is 23.5. The summed E-state index contributed by atoms with van der Waals surface area (Å²) in [5, 5.41) is 13.7. The molecule has 0 fully saturated rings. The standard InChI is InChI=1S/C30H31N5O3S/c1-20(22-13-17-26(18-14-22)38-21(2)36)31-32-27(37)19-39-29-34-33-28(35(29)25-9-7-6-8-10-25)23-11-15-24(16-12-23)30(3,4)5/h6-18H,19H2,1-5H3,(H,32,37). The Morgan fingerprint density at radius 1 is 0.923 bits per heavy atom. The molecule has 8 nitrogen and oxygen atoms in total. The number of benzene rings is 3. The number of ether oxygens (including phenoxy) is 1. The minimum atomic E-state index is -0.383. The highest BCUT2D eigenvalue weighted by Gasteiger charge is 2.19. The predicted molar refractivity (Wildman–Crippen MR) is 154 cm³/mol. The molecular formula is C30H31N5O3S. The van der Waals surface area contributed by atoms with E-state index in [-0.39, 0.29) is 23.0 Å². The van der Waals surface area contributed by atoms with Gasteiger partial charge in [-0.25, -0.2) is 5.43 Å². The number of nitrogens with zero attached hydrogens (tertiary/aromatic N) is 4. The summed E-state index contributed by atoms with van der Waals surface area (Å²) in [7, 11) is 0. The van der Waals surface area contributed by atoms with Crippen molar-refractivity contribution in [3.8, 4) is 22.8 Å². The molecule has 0 atom stereocenters. The minimum absolute atomic E-state index is 0.0498. The van der Waals surface area contributed by atoms with E-state index >= 15 is 0 Å². The van der Waals surface area contributed by atoms with Gasteiger partial charge in [-0.3, -0.25) is 14.2 Å². The van der Waals surface area contributed by atoms with Gasteiger partial charge < -0.3 is 4.74 Å². The first-order valence-corrected chi connectivity index (χ1v) is 13.5. The highest BCUT2D eigenvalue weighted by molar-refractivity contribution is 7.99. The average Bonchev–Trinajstić information content (AvgIpc) is 3.34. The number of hydrogen-bond acceptors (Lipinski definition) is 7. The van der Waals surface area contributed by atoms with Gasteiger partial charge in [-0.1, -0.05) is 75.0 Å². The molecule has 1 aromatic heterocycles. The summed E-state index contributed by atoms with van der Waals surface area (Å²) in [6.07, 6.45) is 0. The lowest BCUT2D eigenvalue weighted by molar-refractivity contribution is -0.131. The second-order valence-electron chi connectivity index (χ2n) is 9.94. The third-order valence-corrected chi connectivity index (χ3v) is 6.80. The molecule has 0 radical (unpaired) electrons. The zero-order valence-electron chi connectivity index (χ0n) is 22.6. The first-order valence-electron chi connectivity index (χ1n) is 12.5. The number of hydrazone groups is 1. The van der Waals surface area contributed by atoms with E-state index in [1.54, 1.807) is 31.2 Å². The molecule has 0 unspecified atom stereocenters. The van der Waals surface area contributed by atoms with Crippen molar-refractivity contribution >= 4 is 29.4 Å². The first-order chi connectivity index (χ1) is 18.6. The Bertz CT molecular complexity index is 1470. The number of rotatable bonds is 8. The van der Waals surface area contributed by atoms with Crippen LogP contribution in [0.1, 0.15) is 45.7 Å². The topological polar surface area (TPSA) is 98.5 Å². The summed E-state index contributed by atoms with van der Waals surface area (Å²) in [6.45, 7) is 9.68. The van der Waals surface area contributed by atoms with E-state index in [4.69, 9.17) is 4.74 Å². The van der Waals surface area contributed by atoms with Crippen LogP contribution in [0.4, 0.5) is 0 Å². The highest BCUT2D eigenvalue weighted by atomic mass is 32.2. The van der Waals surface area contributed by atoms with Gasteiger partial charge in [0.05, 0.1) is 11.5 Å². The van der Waals surface area contributed by atoms with Crippen LogP contribution in [0.3, 0.4) is 0 Å². The Kier molecular flexibility index (Phi) is 8.61. The summed E-state index contributed by atoms with van der Waals surface area (Å²) in [5.41, 5.74) is 7.15. The quantitative estimate of drug-likeness (QED) is 0.0997. The summed E-state index contributed by atoms with van der Waals surface area (Å²) < 4.78 is 7.01.